The highest BCUT2D eigenvalue weighted by Crippen LogP contribution is 2.23. The highest BCUT2D eigenvalue weighted by atomic mass is 16.5. The van der Waals surface area contributed by atoms with Crippen LogP contribution in [0.4, 0.5) is 11.4 Å². The number of likely N-dealkylation sites (tertiary alicyclic amines) is 1. The van der Waals surface area contributed by atoms with E-state index in [1.54, 1.807) is 18.5 Å². The molecule has 172 valence electrons. The van der Waals surface area contributed by atoms with E-state index in [2.05, 4.69) is 47.4 Å². The zero-order chi connectivity index (χ0) is 22.5. The molecule has 4 heterocycles. The highest BCUT2D eigenvalue weighted by Gasteiger charge is 2.27. The average Bonchev–Trinajstić information content (AvgIpc) is 3.34. The van der Waals surface area contributed by atoms with Crippen molar-refractivity contribution < 1.29 is 14.1 Å². The van der Waals surface area contributed by atoms with Crippen molar-refractivity contribution in [2.24, 2.45) is 5.92 Å². The second-order valence-electron chi connectivity index (χ2n) is 8.29. The molecule has 3 aromatic rings. The molecule has 1 N–H and O–H groups in total. The van der Waals surface area contributed by atoms with E-state index >= 15 is 0 Å². The molecule has 1 amide bonds. The Labute approximate surface area is 192 Å². The third-order valence-electron chi connectivity index (χ3n) is 5.98. The lowest BCUT2D eigenvalue weighted by atomic mass is 9.97. The summed E-state index contributed by atoms with van der Waals surface area (Å²) in [7, 11) is 0. The number of amides is 1. The first-order valence-corrected chi connectivity index (χ1v) is 11.3. The van der Waals surface area contributed by atoms with Crippen molar-refractivity contribution in [2.75, 3.05) is 49.6 Å². The van der Waals surface area contributed by atoms with Gasteiger partial charge in [-0.2, -0.15) is 4.98 Å². The van der Waals surface area contributed by atoms with Crippen LogP contribution in [0.1, 0.15) is 18.7 Å². The van der Waals surface area contributed by atoms with E-state index in [1.807, 2.05) is 12.1 Å². The molecule has 2 saturated heterocycles. The summed E-state index contributed by atoms with van der Waals surface area (Å²) < 4.78 is 10.8. The quantitative estimate of drug-likeness (QED) is 0.606. The summed E-state index contributed by atoms with van der Waals surface area (Å²) >= 11 is 0. The summed E-state index contributed by atoms with van der Waals surface area (Å²) in [6.45, 7) is 5.32. The molecule has 1 atom stereocenters. The number of rotatable bonds is 6. The number of nitrogens with zero attached hydrogens (tertiary/aromatic N) is 6. The van der Waals surface area contributed by atoms with Crippen LogP contribution in [-0.4, -0.2) is 70.3 Å². The number of morpholine rings is 1. The Kier molecular flexibility index (Phi) is 6.54. The largest absolute Gasteiger partial charge is 0.378 e. The highest BCUT2D eigenvalue weighted by molar-refractivity contribution is 5.92. The number of nitrogens with one attached hydrogen (secondary N) is 1. The molecule has 0 unspecified atom stereocenters. The van der Waals surface area contributed by atoms with Crippen molar-refractivity contribution in [3.8, 4) is 11.6 Å². The second-order valence-corrected chi connectivity index (χ2v) is 8.29. The lowest BCUT2D eigenvalue weighted by molar-refractivity contribution is -0.121. The predicted molar refractivity (Wildman–Crippen MR) is 121 cm³/mol. The Morgan fingerprint density at radius 1 is 1.06 bits per heavy atom. The Morgan fingerprint density at radius 3 is 2.64 bits per heavy atom. The maximum absolute atomic E-state index is 12.9. The molecular formula is C23H27N7O3. The lowest BCUT2D eigenvalue weighted by Gasteiger charge is -2.31. The minimum Gasteiger partial charge on any atom is -0.378 e. The monoisotopic (exact) mass is 449 g/mol. The van der Waals surface area contributed by atoms with Crippen molar-refractivity contribution in [2.45, 2.75) is 19.4 Å². The van der Waals surface area contributed by atoms with E-state index in [9.17, 15) is 4.79 Å². The van der Waals surface area contributed by atoms with Gasteiger partial charge in [0.1, 0.15) is 0 Å². The first-order chi connectivity index (χ1) is 16.2. The molecule has 0 saturated carbocycles. The van der Waals surface area contributed by atoms with Gasteiger partial charge in [-0.3, -0.25) is 9.69 Å². The van der Waals surface area contributed by atoms with E-state index < -0.39 is 0 Å². The van der Waals surface area contributed by atoms with Crippen molar-refractivity contribution in [3.05, 3.63) is 48.6 Å². The number of hydrogen-bond donors (Lipinski definition) is 1. The van der Waals surface area contributed by atoms with Crippen LogP contribution in [0.3, 0.4) is 0 Å². The molecule has 2 aliphatic heterocycles. The van der Waals surface area contributed by atoms with E-state index in [0.717, 1.165) is 57.1 Å². The Morgan fingerprint density at radius 2 is 1.85 bits per heavy atom. The van der Waals surface area contributed by atoms with Gasteiger partial charge in [-0.25, -0.2) is 9.97 Å². The van der Waals surface area contributed by atoms with Gasteiger partial charge in [0.05, 0.1) is 25.7 Å². The Balaban J connectivity index is 1.15. The molecule has 2 fully saturated rings. The third-order valence-corrected chi connectivity index (χ3v) is 5.98. The molecule has 33 heavy (non-hydrogen) atoms. The van der Waals surface area contributed by atoms with Gasteiger partial charge >= 0.3 is 0 Å². The van der Waals surface area contributed by atoms with Gasteiger partial charge in [0.2, 0.25) is 23.4 Å². The summed E-state index contributed by atoms with van der Waals surface area (Å²) in [5.74, 6) is 1.26. The van der Waals surface area contributed by atoms with Gasteiger partial charge in [-0.05, 0) is 49.7 Å². The van der Waals surface area contributed by atoms with Gasteiger partial charge < -0.3 is 19.5 Å². The predicted octanol–water partition coefficient (Wildman–Crippen LogP) is 2.21. The number of hydrogen-bond acceptors (Lipinski definition) is 9. The smallest absolute Gasteiger partial charge is 0.241 e. The van der Waals surface area contributed by atoms with Crippen molar-refractivity contribution >= 4 is 17.3 Å². The molecule has 5 rings (SSSR count). The standard InChI is InChI=1S/C23H27N7O3/c31-23(26-18-4-6-19(7-5-18)30-11-13-32-14-12-30)17-3-1-10-29(15-17)16-20-27-22(28-33-20)21-24-8-2-9-25-21/h2,4-9,17H,1,3,10-16H2,(H,26,31)/t17-/m0/s1. The van der Waals surface area contributed by atoms with E-state index in [4.69, 9.17) is 9.26 Å². The van der Waals surface area contributed by atoms with Gasteiger partial charge in [0.15, 0.2) is 0 Å². The lowest BCUT2D eigenvalue weighted by Crippen LogP contribution is -2.40. The van der Waals surface area contributed by atoms with Gasteiger partial charge in [0.25, 0.3) is 0 Å². The number of carbonyl (C=O) groups is 1. The summed E-state index contributed by atoms with van der Waals surface area (Å²) in [6, 6.07) is 9.78. The molecule has 0 aliphatic carbocycles. The molecule has 0 radical (unpaired) electrons. The molecule has 10 heteroatoms. The van der Waals surface area contributed by atoms with Crippen molar-refractivity contribution in [1.82, 2.24) is 25.0 Å². The van der Waals surface area contributed by atoms with Crippen LogP contribution in [0.5, 0.6) is 0 Å². The molecule has 2 aromatic heterocycles. The van der Waals surface area contributed by atoms with Gasteiger partial charge in [-0.1, -0.05) is 5.16 Å². The van der Waals surface area contributed by atoms with Crippen molar-refractivity contribution in [3.63, 3.8) is 0 Å². The van der Waals surface area contributed by atoms with E-state index in [0.29, 0.717) is 30.6 Å². The molecule has 0 bridgehead atoms. The number of piperidine rings is 1. The van der Waals surface area contributed by atoms with Gasteiger partial charge in [-0.15, -0.1) is 0 Å². The minimum absolute atomic E-state index is 0.0442. The SMILES string of the molecule is O=C(Nc1ccc(N2CCOCC2)cc1)[C@H]1CCCN(Cc2nc(-c3ncccn3)no2)C1. The fourth-order valence-electron chi connectivity index (χ4n) is 4.25. The van der Waals surface area contributed by atoms with Gasteiger partial charge in [0, 0.05) is 43.4 Å². The number of carbonyl (C=O) groups excluding carboxylic acids is 1. The fraction of sp³-hybridized carbons (Fsp3) is 0.435. The maximum atomic E-state index is 12.9. The second kappa shape index (κ2) is 10.1. The number of benzene rings is 1. The van der Waals surface area contributed by atoms with Crippen LogP contribution in [0.15, 0.2) is 47.2 Å². The topological polar surface area (TPSA) is 110 Å². The molecular weight excluding hydrogens is 422 g/mol. The summed E-state index contributed by atoms with van der Waals surface area (Å²) in [6.07, 6.45) is 5.09. The van der Waals surface area contributed by atoms with Crippen LogP contribution >= 0.6 is 0 Å². The first-order valence-electron chi connectivity index (χ1n) is 11.3. The number of ether oxygens (including phenoxy) is 1. The van der Waals surface area contributed by atoms with Crippen LogP contribution in [-0.2, 0) is 16.1 Å². The summed E-state index contributed by atoms with van der Waals surface area (Å²) in [5, 5.41) is 7.05. The molecule has 0 spiro atoms. The maximum Gasteiger partial charge on any atom is 0.241 e. The summed E-state index contributed by atoms with van der Waals surface area (Å²) in [4.78, 5) is 30.1. The zero-order valence-electron chi connectivity index (χ0n) is 18.4. The number of aromatic nitrogens is 4. The minimum atomic E-state index is -0.0856. The Hall–Kier alpha value is -3.37. The normalized spacial score (nSPS) is 19.4. The van der Waals surface area contributed by atoms with Crippen LogP contribution < -0.4 is 10.2 Å². The average molecular weight is 450 g/mol. The fourth-order valence-corrected chi connectivity index (χ4v) is 4.25. The van der Waals surface area contributed by atoms with Crippen LogP contribution in [0.2, 0.25) is 0 Å². The summed E-state index contributed by atoms with van der Waals surface area (Å²) in [5.41, 5.74) is 1.97. The van der Waals surface area contributed by atoms with Crippen LogP contribution in [0, 0.1) is 5.92 Å². The third kappa shape index (κ3) is 5.35. The van der Waals surface area contributed by atoms with E-state index in [-0.39, 0.29) is 11.8 Å². The molecule has 1 aromatic carbocycles. The Bertz CT molecular complexity index is 1050. The molecule has 10 nitrogen and oxygen atoms in total. The number of anilines is 2. The zero-order valence-corrected chi connectivity index (χ0v) is 18.4. The van der Waals surface area contributed by atoms with E-state index in [1.165, 1.54) is 0 Å². The van der Waals surface area contributed by atoms with Crippen molar-refractivity contribution in [1.29, 1.82) is 0 Å². The molecule has 2 aliphatic rings. The first kappa shape index (κ1) is 21.5. The van der Waals surface area contributed by atoms with Crippen LogP contribution in [0.25, 0.3) is 11.6 Å².